The molecule has 36 heavy (non-hydrogen) atoms. The molecular weight excluding hydrogens is 462 g/mol. The van der Waals surface area contributed by atoms with Gasteiger partial charge in [-0.05, 0) is 52.7 Å². The first-order valence-electron chi connectivity index (χ1n) is 12.7. The molecule has 10 nitrogen and oxygen atoms in total. The Morgan fingerprint density at radius 2 is 1.64 bits per heavy atom. The number of amides is 1. The third kappa shape index (κ3) is 6.34. The van der Waals surface area contributed by atoms with Crippen molar-refractivity contribution >= 4 is 11.9 Å². The maximum atomic E-state index is 12.1. The van der Waals surface area contributed by atoms with Gasteiger partial charge in [-0.1, -0.05) is 0 Å². The highest BCUT2D eigenvalue weighted by atomic mass is 16.6. The molecule has 0 bridgehead atoms. The van der Waals surface area contributed by atoms with Crippen molar-refractivity contribution in [3.8, 4) is 17.5 Å². The predicted molar refractivity (Wildman–Crippen MR) is 135 cm³/mol. The van der Waals surface area contributed by atoms with Gasteiger partial charge in [0.2, 0.25) is 11.8 Å². The Morgan fingerprint density at radius 1 is 0.972 bits per heavy atom. The molecule has 4 heterocycles. The molecule has 0 aromatic carbocycles. The molecule has 2 aliphatic rings. The Labute approximate surface area is 212 Å². The van der Waals surface area contributed by atoms with Crippen molar-refractivity contribution in [2.45, 2.75) is 71.7 Å². The molecule has 10 heteroatoms. The van der Waals surface area contributed by atoms with E-state index >= 15 is 0 Å². The summed E-state index contributed by atoms with van der Waals surface area (Å²) in [4.78, 5) is 29.6. The fourth-order valence-electron chi connectivity index (χ4n) is 4.47. The summed E-state index contributed by atoms with van der Waals surface area (Å²) in [7, 11) is 1.77. The number of hydrogen-bond acceptors (Lipinski definition) is 9. The van der Waals surface area contributed by atoms with Crippen LogP contribution in [-0.4, -0.2) is 77.5 Å². The Morgan fingerprint density at radius 3 is 2.28 bits per heavy atom. The van der Waals surface area contributed by atoms with Crippen LogP contribution in [0.1, 0.15) is 50.8 Å². The largest absolute Gasteiger partial charge is 0.474 e. The molecule has 0 aliphatic carbocycles. The van der Waals surface area contributed by atoms with Gasteiger partial charge in [0.1, 0.15) is 18.2 Å². The van der Waals surface area contributed by atoms with E-state index in [0.29, 0.717) is 49.5 Å². The van der Waals surface area contributed by atoms with Gasteiger partial charge in [0.05, 0.1) is 23.5 Å². The van der Waals surface area contributed by atoms with Crippen LogP contribution in [0, 0.1) is 13.8 Å². The summed E-state index contributed by atoms with van der Waals surface area (Å²) >= 11 is 0. The molecule has 0 spiro atoms. The topological polar surface area (TPSA) is 99.1 Å². The summed E-state index contributed by atoms with van der Waals surface area (Å²) < 4.78 is 23.1. The molecule has 2 aliphatic heterocycles. The summed E-state index contributed by atoms with van der Waals surface area (Å²) in [6.45, 7) is 10.5. The summed E-state index contributed by atoms with van der Waals surface area (Å²) in [5, 5.41) is 0. The number of hydrogen-bond donors (Lipinski definition) is 0. The molecule has 2 fully saturated rings. The van der Waals surface area contributed by atoms with Crippen molar-refractivity contribution in [3.05, 3.63) is 29.7 Å². The highest BCUT2D eigenvalue weighted by Gasteiger charge is 2.27. The van der Waals surface area contributed by atoms with Crippen molar-refractivity contribution < 1.29 is 23.7 Å². The van der Waals surface area contributed by atoms with E-state index in [0.717, 1.165) is 43.0 Å². The van der Waals surface area contributed by atoms with Crippen molar-refractivity contribution in [2.24, 2.45) is 0 Å². The van der Waals surface area contributed by atoms with Crippen LogP contribution in [0.15, 0.2) is 18.5 Å². The molecule has 4 rings (SSSR count). The molecule has 196 valence electrons. The Bertz CT molecular complexity index is 1030. The lowest BCUT2D eigenvalue weighted by molar-refractivity contribution is 0.0505. The van der Waals surface area contributed by atoms with Crippen LogP contribution in [0.4, 0.5) is 10.6 Å². The molecular formula is C26H37N5O5. The first-order valence-corrected chi connectivity index (χ1v) is 12.7. The van der Waals surface area contributed by atoms with E-state index < -0.39 is 0 Å². The van der Waals surface area contributed by atoms with Crippen LogP contribution in [0.5, 0.6) is 17.5 Å². The molecule has 2 aromatic rings. The number of aryl methyl sites for hydroxylation is 1. The first-order chi connectivity index (χ1) is 17.3. The van der Waals surface area contributed by atoms with Gasteiger partial charge in [0, 0.05) is 46.1 Å². The second-order valence-corrected chi connectivity index (χ2v) is 9.62. The Balaban J connectivity index is 1.36. The average Bonchev–Trinajstić information content (AvgIpc) is 2.87. The highest BCUT2D eigenvalue weighted by molar-refractivity contribution is 5.67. The molecule has 2 saturated heterocycles. The molecule has 0 radical (unpaired) electrons. The maximum Gasteiger partial charge on any atom is 0.410 e. The number of piperidine rings is 2. The van der Waals surface area contributed by atoms with Crippen LogP contribution in [0.2, 0.25) is 0 Å². The van der Waals surface area contributed by atoms with Crippen molar-refractivity contribution in [1.29, 1.82) is 0 Å². The summed E-state index contributed by atoms with van der Waals surface area (Å²) in [5.74, 6) is 2.53. The van der Waals surface area contributed by atoms with Crippen LogP contribution >= 0.6 is 0 Å². The van der Waals surface area contributed by atoms with Gasteiger partial charge >= 0.3 is 6.09 Å². The summed E-state index contributed by atoms with van der Waals surface area (Å²) in [6.07, 6.45) is 4.75. The molecule has 0 atom stereocenters. The summed E-state index contributed by atoms with van der Waals surface area (Å²) in [6, 6.07) is 3.93. The van der Waals surface area contributed by atoms with Gasteiger partial charge in [-0.3, -0.25) is 0 Å². The van der Waals surface area contributed by atoms with E-state index in [-0.39, 0.29) is 18.3 Å². The van der Waals surface area contributed by atoms with Crippen molar-refractivity contribution in [2.75, 3.05) is 38.2 Å². The number of pyridine rings is 1. The fraction of sp³-hybridized carbons (Fsp3) is 0.615. The van der Waals surface area contributed by atoms with E-state index in [1.165, 1.54) is 6.33 Å². The van der Waals surface area contributed by atoms with Gasteiger partial charge in [0.15, 0.2) is 5.75 Å². The van der Waals surface area contributed by atoms with Gasteiger partial charge < -0.3 is 28.7 Å². The lowest BCUT2D eigenvalue weighted by Crippen LogP contribution is -2.42. The lowest BCUT2D eigenvalue weighted by atomic mass is 10.1. The highest BCUT2D eigenvalue weighted by Crippen LogP contribution is 2.31. The average molecular weight is 500 g/mol. The SMILES string of the molecule is COC1CCN(c2ccc(Oc3ncnc(OC4CCN(C(=O)OC(C)C)CC4)c3C)c(C)n2)CC1. The minimum absolute atomic E-state index is 0.0421. The monoisotopic (exact) mass is 499 g/mol. The molecule has 2 aromatic heterocycles. The normalized spacial score (nSPS) is 17.4. The lowest BCUT2D eigenvalue weighted by Gasteiger charge is -2.32. The third-order valence-corrected chi connectivity index (χ3v) is 6.64. The number of methoxy groups -OCH3 is 1. The summed E-state index contributed by atoms with van der Waals surface area (Å²) in [5.41, 5.74) is 1.52. The molecule has 1 amide bonds. The zero-order valence-electron chi connectivity index (χ0n) is 21.9. The smallest absolute Gasteiger partial charge is 0.410 e. The number of ether oxygens (including phenoxy) is 4. The van der Waals surface area contributed by atoms with Gasteiger partial charge in [0.25, 0.3) is 0 Å². The fourth-order valence-corrected chi connectivity index (χ4v) is 4.47. The maximum absolute atomic E-state index is 12.1. The predicted octanol–water partition coefficient (Wildman–Crippen LogP) is 4.28. The number of carbonyl (C=O) groups is 1. The Kier molecular flexibility index (Phi) is 8.45. The minimum Gasteiger partial charge on any atom is -0.474 e. The van der Waals surface area contributed by atoms with E-state index in [2.05, 4.69) is 14.9 Å². The second-order valence-electron chi connectivity index (χ2n) is 9.62. The van der Waals surface area contributed by atoms with Crippen LogP contribution in [-0.2, 0) is 9.47 Å². The van der Waals surface area contributed by atoms with Crippen LogP contribution in [0.3, 0.4) is 0 Å². The quantitative estimate of drug-likeness (QED) is 0.552. The minimum atomic E-state index is -0.271. The molecule has 0 saturated carbocycles. The van der Waals surface area contributed by atoms with Gasteiger partial charge in [-0.2, -0.15) is 0 Å². The zero-order chi connectivity index (χ0) is 25.7. The van der Waals surface area contributed by atoms with Gasteiger partial charge in [-0.15, -0.1) is 0 Å². The van der Waals surface area contributed by atoms with Crippen LogP contribution < -0.4 is 14.4 Å². The van der Waals surface area contributed by atoms with E-state index in [1.54, 1.807) is 12.0 Å². The van der Waals surface area contributed by atoms with E-state index in [1.807, 2.05) is 39.8 Å². The van der Waals surface area contributed by atoms with Crippen molar-refractivity contribution in [3.63, 3.8) is 0 Å². The van der Waals surface area contributed by atoms with E-state index in [4.69, 9.17) is 23.9 Å². The molecule has 0 N–H and O–H groups in total. The van der Waals surface area contributed by atoms with Gasteiger partial charge in [-0.25, -0.2) is 19.7 Å². The number of anilines is 1. The first kappa shape index (κ1) is 25.9. The number of carbonyl (C=O) groups excluding carboxylic acids is 1. The zero-order valence-corrected chi connectivity index (χ0v) is 21.9. The number of likely N-dealkylation sites (tertiary alicyclic amines) is 1. The molecule has 0 unspecified atom stereocenters. The number of rotatable bonds is 7. The Hall–Kier alpha value is -3.14. The number of aromatic nitrogens is 3. The van der Waals surface area contributed by atoms with Crippen molar-refractivity contribution in [1.82, 2.24) is 19.9 Å². The standard InChI is InChI=1S/C26H37N5O5/c1-17(2)34-26(32)31-14-10-21(11-15-31)35-24-18(3)25(28-16-27-24)36-22-6-7-23(29-19(22)4)30-12-8-20(33-5)9-13-30/h6-7,16-17,20-21H,8-15H2,1-5H3. The second kappa shape index (κ2) is 11.7. The number of nitrogens with zero attached hydrogens (tertiary/aromatic N) is 5. The van der Waals surface area contributed by atoms with E-state index in [9.17, 15) is 4.79 Å². The third-order valence-electron chi connectivity index (χ3n) is 6.64. The van der Waals surface area contributed by atoms with Crippen LogP contribution in [0.25, 0.3) is 0 Å².